The fourth-order valence-electron chi connectivity index (χ4n) is 2.14. The van der Waals surface area contributed by atoms with Crippen molar-refractivity contribution in [2.24, 2.45) is 0 Å². The zero-order chi connectivity index (χ0) is 17.7. The van der Waals surface area contributed by atoms with Crippen LogP contribution in [0.3, 0.4) is 0 Å². The molecule has 1 aromatic carbocycles. The van der Waals surface area contributed by atoms with Gasteiger partial charge in [-0.15, -0.1) is 0 Å². The lowest BCUT2D eigenvalue weighted by molar-refractivity contribution is -0.383. The fraction of sp³-hybridized carbons (Fsp3) is 0.333. The van der Waals surface area contributed by atoms with Gasteiger partial charge in [0.05, 0.1) is 20.7 Å². The topological polar surface area (TPSA) is 84.2 Å². The monoisotopic (exact) mass is 369 g/mol. The number of benzene rings is 1. The van der Waals surface area contributed by atoms with E-state index < -0.39 is 4.92 Å². The van der Waals surface area contributed by atoms with Crippen LogP contribution in [0.1, 0.15) is 19.8 Å². The van der Waals surface area contributed by atoms with E-state index in [4.69, 9.17) is 23.2 Å². The lowest BCUT2D eigenvalue weighted by Gasteiger charge is -2.18. The number of unbranched alkanes of at least 4 members (excludes halogenated alkanes) is 1. The third-order valence-corrected chi connectivity index (χ3v) is 4.22. The summed E-state index contributed by atoms with van der Waals surface area (Å²) in [5.74, 6) is 0.321. The predicted molar refractivity (Wildman–Crippen MR) is 96.6 cm³/mol. The van der Waals surface area contributed by atoms with Crippen LogP contribution in [0, 0.1) is 10.1 Å². The predicted octanol–water partition coefficient (Wildman–Crippen LogP) is 4.67. The van der Waals surface area contributed by atoms with E-state index in [9.17, 15) is 10.1 Å². The first-order valence-electron chi connectivity index (χ1n) is 7.37. The summed E-state index contributed by atoms with van der Waals surface area (Å²) in [5, 5.41) is 15.1. The number of nitrogens with zero attached hydrogens (tertiary/aromatic N) is 4. The van der Waals surface area contributed by atoms with E-state index in [1.165, 1.54) is 6.33 Å². The standard InChI is InChI=1S/C15H17Cl2N5O2/c1-3-4-8-21(2)15-13(22(23)24)14(18-9-19-15)20-11-7-5-6-10(16)12(11)17/h5-7,9H,3-4,8H2,1-2H3,(H,18,19,20). The van der Waals surface area contributed by atoms with Crippen LogP contribution in [-0.2, 0) is 0 Å². The van der Waals surface area contributed by atoms with Crippen LogP contribution in [0.5, 0.6) is 0 Å². The summed E-state index contributed by atoms with van der Waals surface area (Å²) >= 11 is 12.1. The van der Waals surface area contributed by atoms with Crippen molar-refractivity contribution >= 4 is 46.2 Å². The van der Waals surface area contributed by atoms with Crippen molar-refractivity contribution in [3.8, 4) is 0 Å². The molecule has 0 bridgehead atoms. The Morgan fingerprint density at radius 3 is 2.75 bits per heavy atom. The Morgan fingerprint density at radius 1 is 1.33 bits per heavy atom. The normalized spacial score (nSPS) is 10.5. The lowest BCUT2D eigenvalue weighted by Crippen LogP contribution is -2.21. The van der Waals surface area contributed by atoms with Crippen molar-refractivity contribution in [3.63, 3.8) is 0 Å². The van der Waals surface area contributed by atoms with Crippen LogP contribution in [0.4, 0.5) is 23.0 Å². The Morgan fingerprint density at radius 2 is 2.08 bits per heavy atom. The molecule has 0 aliphatic carbocycles. The maximum atomic E-state index is 11.6. The first-order chi connectivity index (χ1) is 11.5. The van der Waals surface area contributed by atoms with Crippen molar-refractivity contribution in [1.29, 1.82) is 0 Å². The molecule has 0 saturated carbocycles. The second kappa shape index (κ2) is 8.12. The van der Waals surface area contributed by atoms with Gasteiger partial charge in [0.2, 0.25) is 11.6 Å². The minimum Gasteiger partial charge on any atom is -0.354 e. The van der Waals surface area contributed by atoms with Gasteiger partial charge < -0.3 is 10.2 Å². The summed E-state index contributed by atoms with van der Waals surface area (Å²) in [6, 6.07) is 4.99. The van der Waals surface area contributed by atoms with E-state index in [-0.39, 0.29) is 22.3 Å². The molecule has 0 aliphatic rings. The van der Waals surface area contributed by atoms with Gasteiger partial charge in [0.15, 0.2) is 0 Å². The number of rotatable bonds is 7. The molecule has 1 heterocycles. The SMILES string of the molecule is CCCCN(C)c1ncnc(Nc2cccc(Cl)c2Cl)c1[N+](=O)[O-]. The largest absolute Gasteiger partial charge is 0.354 e. The molecule has 0 amide bonds. The van der Waals surface area contributed by atoms with Crippen LogP contribution in [0.25, 0.3) is 0 Å². The molecule has 1 N–H and O–H groups in total. The van der Waals surface area contributed by atoms with E-state index >= 15 is 0 Å². The van der Waals surface area contributed by atoms with Gasteiger partial charge in [-0.05, 0) is 18.6 Å². The van der Waals surface area contributed by atoms with Gasteiger partial charge in [0.1, 0.15) is 6.33 Å². The molecule has 0 fully saturated rings. The highest BCUT2D eigenvalue weighted by molar-refractivity contribution is 6.43. The molecule has 1 aromatic heterocycles. The van der Waals surface area contributed by atoms with Crippen LogP contribution in [-0.4, -0.2) is 28.5 Å². The zero-order valence-electron chi connectivity index (χ0n) is 13.3. The molecular formula is C15H17Cl2N5O2. The molecule has 0 radical (unpaired) electrons. The minimum atomic E-state index is -0.501. The Hall–Kier alpha value is -2.12. The van der Waals surface area contributed by atoms with Gasteiger partial charge in [0, 0.05) is 13.6 Å². The van der Waals surface area contributed by atoms with Crippen molar-refractivity contribution < 1.29 is 4.92 Å². The van der Waals surface area contributed by atoms with E-state index in [0.717, 1.165) is 12.8 Å². The highest BCUT2D eigenvalue weighted by Gasteiger charge is 2.26. The van der Waals surface area contributed by atoms with E-state index in [2.05, 4.69) is 22.2 Å². The summed E-state index contributed by atoms with van der Waals surface area (Å²) in [4.78, 5) is 20.9. The molecule has 0 spiro atoms. The third kappa shape index (κ3) is 4.04. The number of aromatic nitrogens is 2. The smallest absolute Gasteiger partial charge is 0.353 e. The summed E-state index contributed by atoms with van der Waals surface area (Å²) in [7, 11) is 1.77. The Balaban J connectivity index is 2.43. The molecule has 128 valence electrons. The maximum absolute atomic E-state index is 11.6. The van der Waals surface area contributed by atoms with E-state index in [0.29, 0.717) is 17.3 Å². The lowest BCUT2D eigenvalue weighted by atomic mass is 10.3. The summed E-state index contributed by atoms with van der Waals surface area (Å²) in [6.07, 6.45) is 3.17. The molecule has 7 nitrogen and oxygen atoms in total. The Bertz CT molecular complexity index is 742. The Kier molecular flexibility index (Phi) is 6.16. The molecule has 24 heavy (non-hydrogen) atoms. The van der Waals surface area contributed by atoms with E-state index in [1.807, 2.05) is 0 Å². The second-order valence-corrected chi connectivity index (χ2v) is 5.94. The third-order valence-electron chi connectivity index (χ3n) is 3.40. The number of nitrogens with one attached hydrogen (secondary N) is 1. The average Bonchev–Trinajstić information content (AvgIpc) is 2.56. The summed E-state index contributed by atoms with van der Waals surface area (Å²) < 4.78 is 0. The molecule has 9 heteroatoms. The number of hydrogen-bond acceptors (Lipinski definition) is 6. The molecule has 0 unspecified atom stereocenters. The molecular weight excluding hydrogens is 353 g/mol. The summed E-state index contributed by atoms with van der Waals surface area (Å²) in [5.41, 5.74) is 0.236. The van der Waals surface area contributed by atoms with Crippen molar-refractivity contribution in [2.45, 2.75) is 19.8 Å². The van der Waals surface area contributed by atoms with E-state index in [1.54, 1.807) is 30.1 Å². The van der Waals surface area contributed by atoms with Crippen molar-refractivity contribution in [1.82, 2.24) is 9.97 Å². The van der Waals surface area contributed by atoms with Crippen molar-refractivity contribution in [3.05, 3.63) is 44.7 Å². The van der Waals surface area contributed by atoms with Gasteiger partial charge in [-0.1, -0.05) is 42.6 Å². The Labute approximate surface area is 149 Å². The van der Waals surface area contributed by atoms with Crippen LogP contribution < -0.4 is 10.2 Å². The fourth-order valence-corrected chi connectivity index (χ4v) is 2.49. The van der Waals surface area contributed by atoms with Crippen LogP contribution in [0.15, 0.2) is 24.5 Å². The maximum Gasteiger partial charge on any atom is 0.353 e. The van der Waals surface area contributed by atoms with Crippen molar-refractivity contribution in [2.75, 3.05) is 23.8 Å². The first-order valence-corrected chi connectivity index (χ1v) is 8.12. The molecule has 0 aliphatic heterocycles. The van der Waals surface area contributed by atoms with Crippen LogP contribution in [0.2, 0.25) is 10.0 Å². The second-order valence-electron chi connectivity index (χ2n) is 5.15. The zero-order valence-corrected chi connectivity index (χ0v) is 14.8. The highest BCUT2D eigenvalue weighted by Crippen LogP contribution is 2.36. The molecule has 2 aromatic rings. The number of hydrogen-bond donors (Lipinski definition) is 1. The van der Waals surface area contributed by atoms with Gasteiger partial charge in [-0.3, -0.25) is 10.1 Å². The van der Waals surface area contributed by atoms with Gasteiger partial charge >= 0.3 is 5.69 Å². The van der Waals surface area contributed by atoms with Gasteiger partial charge in [0.25, 0.3) is 0 Å². The first kappa shape index (κ1) is 18.2. The summed E-state index contributed by atoms with van der Waals surface area (Å²) in [6.45, 7) is 2.71. The highest BCUT2D eigenvalue weighted by atomic mass is 35.5. The number of nitro groups is 1. The number of halogens is 2. The molecule has 0 saturated heterocycles. The molecule has 2 rings (SSSR count). The van der Waals surface area contributed by atoms with Gasteiger partial charge in [-0.25, -0.2) is 9.97 Å². The molecule has 0 atom stereocenters. The quantitative estimate of drug-likeness (QED) is 0.563. The minimum absolute atomic E-state index is 0.0671. The number of anilines is 3. The average molecular weight is 370 g/mol. The van der Waals surface area contributed by atoms with Gasteiger partial charge in [-0.2, -0.15) is 0 Å². The van der Waals surface area contributed by atoms with Crippen LogP contribution >= 0.6 is 23.2 Å².